The molecule has 1 saturated heterocycles. The zero-order valence-corrected chi connectivity index (χ0v) is 22.7. The minimum absolute atomic E-state index is 0.0175. The number of carbonyl (C=O) groups is 1. The smallest absolute Gasteiger partial charge is 0.240 e. The monoisotopic (exact) mass is 499 g/mol. The van der Waals surface area contributed by atoms with Gasteiger partial charge in [0.2, 0.25) is 5.91 Å². The van der Waals surface area contributed by atoms with Crippen LogP contribution in [-0.2, 0) is 22.4 Å². The number of amides is 1. The second kappa shape index (κ2) is 14.8. The molecule has 0 aliphatic carbocycles. The van der Waals surface area contributed by atoms with Crippen molar-refractivity contribution >= 4 is 16.8 Å². The molecule has 2 heterocycles. The molecular formula is C32H41N3O2. The van der Waals surface area contributed by atoms with Gasteiger partial charge in [-0.15, -0.1) is 12.8 Å². The zero-order valence-electron chi connectivity index (χ0n) is 22.7. The van der Waals surface area contributed by atoms with E-state index in [1.54, 1.807) is 12.0 Å². The SMILES string of the molecule is C#C.C=C(OC)[C@@H](CC(C)C)N1CCC(N)C1=O.Cc1cc(CCc2ccccc2)c2ccccc2n1. The lowest BCUT2D eigenvalue weighted by Gasteiger charge is -2.30. The maximum atomic E-state index is 11.9. The summed E-state index contributed by atoms with van der Waals surface area (Å²) < 4.78 is 5.18. The summed E-state index contributed by atoms with van der Waals surface area (Å²) in [6.07, 6.45) is 11.7. The molecule has 2 N–H and O–H groups in total. The number of nitrogens with two attached hydrogens (primary N) is 1. The quantitative estimate of drug-likeness (QED) is 0.319. The molecule has 2 atom stereocenters. The van der Waals surface area contributed by atoms with E-state index in [0.717, 1.165) is 36.9 Å². The summed E-state index contributed by atoms with van der Waals surface area (Å²) in [5, 5.41) is 1.28. The molecule has 1 aliphatic heterocycles. The average molecular weight is 500 g/mol. The van der Waals surface area contributed by atoms with E-state index in [2.05, 4.69) is 106 Å². The average Bonchev–Trinajstić information content (AvgIpc) is 3.25. The van der Waals surface area contributed by atoms with Gasteiger partial charge in [-0.2, -0.15) is 0 Å². The van der Waals surface area contributed by atoms with Crippen LogP contribution >= 0.6 is 0 Å². The number of likely N-dealkylation sites (tertiary alicyclic amines) is 1. The number of nitrogens with zero attached hydrogens (tertiary/aromatic N) is 2. The largest absolute Gasteiger partial charge is 0.500 e. The van der Waals surface area contributed by atoms with E-state index in [9.17, 15) is 4.79 Å². The van der Waals surface area contributed by atoms with Crippen molar-refractivity contribution in [3.63, 3.8) is 0 Å². The number of hydrogen-bond donors (Lipinski definition) is 1. The van der Waals surface area contributed by atoms with Crippen LogP contribution in [0.4, 0.5) is 0 Å². The van der Waals surface area contributed by atoms with Gasteiger partial charge < -0.3 is 15.4 Å². The Bertz CT molecular complexity index is 1170. The second-order valence-electron chi connectivity index (χ2n) is 9.67. The molecule has 196 valence electrons. The first kappa shape index (κ1) is 29.6. The Morgan fingerprint density at radius 2 is 1.78 bits per heavy atom. The van der Waals surface area contributed by atoms with Crippen molar-refractivity contribution in [3.8, 4) is 12.8 Å². The zero-order chi connectivity index (χ0) is 27.4. The molecule has 5 heteroatoms. The third kappa shape index (κ3) is 8.48. The topological polar surface area (TPSA) is 68.5 Å². The van der Waals surface area contributed by atoms with Crippen LogP contribution in [0.15, 0.2) is 73.0 Å². The highest BCUT2D eigenvalue weighted by atomic mass is 16.5. The third-order valence-electron chi connectivity index (χ3n) is 6.44. The van der Waals surface area contributed by atoms with Gasteiger partial charge in [-0.3, -0.25) is 9.78 Å². The van der Waals surface area contributed by atoms with E-state index in [1.807, 2.05) is 0 Å². The predicted octanol–water partition coefficient (Wildman–Crippen LogP) is 5.70. The van der Waals surface area contributed by atoms with Crippen LogP contribution in [0, 0.1) is 25.7 Å². The van der Waals surface area contributed by atoms with Crippen molar-refractivity contribution in [1.82, 2.24) is 9.88 Å². The lowest BCUT2D eigenvalue weighted by molar-refractivity contribution is -0.131. The number of methoxy groups -OCH3 is 1. The van der Waals surface area contributed by atoms with E-state index in [4.69, 9.17) is 10.5 Å². The summed E-state index contributed by atoms with van der Waals surface area (Å²) in [5.74, 6) is 1.15. The predicted molar refractivity (Wildman–Crippen MR) is 154 cm³/mol. The molecule has 2 aromatic carbocycles. The first-order valence-corrected chi connectivity index (χ1v) is 12.8. The highest BCUT2D eigenvalue weighted by molar-refractivity contribution is 5.84. The lowest BCUT2D eigenvalue weighted by Crippen LogP contribution is -2.42. The van der Waals surface area contributed by atoms with Crippen LogP contribution in [0.3, 0.4) is 0 Å². The van der Waals surface area contributed by atoms with Crippen molar-refractivity contribution in [1.29, 1.82) is 0 Å². The second-order valence-corrected chi connectivity index (χ2v) is 9.67. The van der Waals surface area contributed by atoms with Crippen LogP contribution < -0.4 is 5.73 Å². The van der Waals surface area contributed by atoms with Gasteiger partial charge in [-0.25, -0.2) is 0 Å². The molecule has 1 fully saturated rings. The Hall–Kier alpha value is -3.62. The van der Waals surface area contributed by atoms with E-state index < -0.39 is 0 Å². The molecule has 5 nitrogen and oxygen atoms in total. The first-order chi connectivity index (χ1) is 17.8. The normalized spacial score (nSPS) is 15.4. The Kier molecular flexibility index (Phi) is 11.9. The van der Waals surface area contributed by atoms with Gasteiger partial charge in [0.1, 0.15) is 5.76 Å². The molecule has 3 aromatic rings. The number of aryl methyl sites for hydroxylation is 3. The summed E-state index contributed by atoms with van der Waals surface area (Å²) in [6, 6.07) is 20.9. The number of fused-ring (bicyclic) bond motifs is 1. The molecule has 1 amide bonds. The van der Waals surface area contributed by atoms with Gasteiger partial charge in [0.05, 0.1) is 24.7 Å². The van der Waals surface area contributed by atoms with Crippen LogP contribution in [0.2, 0.25) is 0 Å². The number of carbonyl (C=O) groups excluding carboxylic acids is 1. The van der Waals surface area contributed by atoms with Crippen LogP contribution in [-0.4, -0.2) is 41.5 Å². The van der Waals surface area contributed by atoms with Gasteiger partial charge in [-0.05, 0) is 61.8 Å². The summed E-state index contributed by atoms with van der Waals surface area (Å²) in [6.45, 7) is 10.9. The van der Waals surface area contributed by atoms with Gasteiger partial charge in [-0.1, -0.05) is 69.0 Å². The van der Waals surface area contributed by atoms with Crippen molar-refractivity contribution in [3.05, 3.63) is 89.8 Å². The Morgan fingerprint density at radius 1 is 1.14 bits per heavy atom. The fraction of sp³-hybridized carbons (Fsp3) is 0.375. The van der Waals surface area contributed by atoms with Crippen molar-refractivity contribution in [2.24, 2.45) is 11.7 Å². The number of ether oxygens (including phenoxy) is 1. The Labute approximate surface area is 222 Å². The minimum atomic E-state index is -0.348. The van der Waals surface area contributed by atoms with Crippen LogP contribution in [0.1, 0.15) is 43.5 Å². The highest BCUT2D eigenvalue weighted by Crippen LogP contribution is 2.23. The number of para-hydroxylation sites is 1. The number of hydrogen-bond acceptors (Lipinski definition) is 4. The summed E-state index contributed by atoms with van der Waals surface area (Å²) >= 11 is 0. The maximum Gasteiger partial charge on any atom is 0.240 e. The molecule has 1 aliphatic rings. The van der Waals surface area contributed by atoms with Gasteiger partial charge in [0, 0.05) is 17.6 Å². The van der Waals surface area contributed by atoms with Gasteiger partial charge >= 0.3 is 0 Å². The highest BCUT2D eigenvalue weighted by Gasteiger charge is 2.35. The summed E-state index contributed by atoms with van der Waals surface area (Å²) in [5.41, 5.74) is 10.7. The van der Waals surface area contributed by atoms with Gasteiger partial charge in [0.25, 0.3) is 0 Å². The van der Waals surface area contributed by atoms with Crippen LogP contribution in [0.5, 0.6) is 0 Å². The van der Waals surface area contributed by atoms with Crippen LogP contribution in [0.25, 0.3) is 10.9 Å². The van der Waals surface area contributed by atoms with Gasteiger partial charge in [0.15, 0.2) is 0 Å². The fourth-order valence-corrected chi connectivity index (χ4v) is 4.57. The molecule has 0 spiro atoms. The molecule has 4 rings (SSSR count). The number of rotatable bonds is 8. The van der Waals surface area contributed by atoms with E-state index in [-0.39, 0.29) is 18.0 Å². The number of benzene rings is 2. The third-order valence-corrected chi connectivity index (χ3v) is 6.44. The number of terminal acetylenes is 1. The van der Waals surface area contributed by atoms with E-state index >= 15 is 0 Å². The molecule has 0 radical (unpaired) electrons. The Morgan fingerprint density at radius 3 is 2.38 bits per heavy atom. The summed E-state index contributed by atoms with van der Waals surface area (Å²) in [7, 11) is 1.59. The molecule has 1 unspecified atom stereocenters. The van der Waals surface area contributed by atoms with E-state index in [0.29, 0.717) is 18.2 Å². The van der Waals surface area contributed by atoms with Crippen molar-refractivity contribution in [2.45, 2.75) is 58.5 Å². The summed E-state index contributed by atoms with van der Waals surface area (Å²) in [4.78, 5) is 18.2. The molecule has 37 heavy (non-hydrogen) atoms. The first-order valence-electron chi connectivity index (χ1n) is 12.8. The maximum absolute atomic E-state index is 11.9. The Balaban J connectivity index is 0.000000248. The molecule has 0 bridgehead atoms. The lowest BCUT2D eigenvalue weighted by atomic mass is 10.0. The van der Waals surface area contributed by atoms with Crippen molar-refractivity contribution in [2.75, 3.05) is 13.7 Å². The molecular weight excluding hydrogens is 458 g/mol. The molecule has 1 aromatic heterocycles. The standard InChI is InChI=1S/C18H17N.C12H22N2O2.C2H2/c1-14-13-16(12-11-15-7-3-2-4-8-15)17-9-5-6-10-18(17)19-14;1-8(2)7-11(9(3)16-4)14-6-5-10(13)12(14)15;1-2/h2-10,13H,11-12H2,1H3;8,10-11H,3,5-7,13H2,1-2,4H3;1-2H/t;10?,11-;/m.1./s1. The fourth-order valence-electron chi connectivity index (χ4n) is 4.57. The minimum Gasteiger partial charge on any atom is -0.500 e. The van der Waals surface area contributed by atoms with Crippen molar-refractivity contribution < 1.29 is 9.53 Å². The number of aromatic nitrogens is 1. The van der Waals surface area contributed by atoms with E-state index in [1.165, 1.54) is 16.5 Å². The molecule has 0 saturated carbocycles. The number of pyridine rings is 1.